The zero-order chi connectivity index (χ0) is 21.0. The molecule has 0 amide bonds. The summed E-state index contributed by atoms with van der Waals surface area (Å²) in [7, 11) is 3.22. The van der Waals surface area contributed by atoms with Gasteiger partial charge in [0, 0.05) is 43.5 Å². The van der Waals surface area contributed by atoms with Crippen LogP contribution in [0.1, 0.15) is 16.8 Å². The SMILES string of the molecule is CNc1nc(-c2ccccc2C(F)(F)F)nc(Nc2cc(C)[nH]n2)c1CCOC. The highest BCUT2D eigenvalue weighted by Gasteiger charge is 2.34. The van der Waals surface area contributed by atoms with Crippen LogP contribution in [0.3, 0.4) is 0 Å². The van der Waals surface area contributed by atoms with E-state index in [0.29, 0.717) is 36.0 Å². The first-order valence-corrected chi connectivity index (χ1v) is 8.86. The second-order valence-corrected chi connectivity index (χ2v) is 6.32. The number of nitrogens with zero attached hydrogens (tertiary/aromatic N) is 3. The Bertz CT molecular complexity index is 986. The number of hydrogen-bond acceptors (Lipinski definition) is 6. The number of methoxy groups -OCH3 is 1. The summed E-state index contributed by atoms with van der Waals surface area (Å²) in [6.07, 6.45) is -4.07. The predicted octanol–water partition coefficient (Wildman–Crippen LogP) is 4.17. The number of H-pyrrole nitrogens is 1. The number of aryl methyl sites for hydroxylation is 1. The van der Waals surface area contributed by atoms with Crippen molar-refractivity contribution < 1.29 is 17.9 Å². The quantitative estimate of drug-likeness (QED) is 0.546. The Balaban J connectivity index is 2.16. The summed E-state index contributed by atoms with van der Waals surface area (Å²) in [6.45, 7) is 2.23. The maximum absolute atomic E-state index is 13.5. The number of benzene rings is 1. The van der Waals surface area contributed by atoms with E-state index in [9.17, 15) is 13.2 Å². The van der Waals surface area contributed by atoms with Crippen LogP contribution in [0, 0.1) is 6.92 Å². The monoisotopic (exact) mass is 406 g/mol. The molecule has 154 valence electrons. The van der Waals surface area contributed by atoms with E-state index in [1.807, 2.05) is 6.92 Å². The van der Waals surface area contributed by atoms with Crippen molar-refractivity contribution in [3.8, 4) is 11.4 Å². The van der Waals surface area contributed by atoms with Gasteiger partial charge in [0.05, 0.1) is 12.2 Å². The van der Waals surface area contributed by atoms with Crippen LogP contribution in [-0.2, 0) is 17.3 Å². The molecule has 0 atom stereocenters. The topological polar surface area (TPSA) is 87.8 Å². The number of nitrogens with one attached hydrogen (secondary N) is 3. The number of hydrogen-bond donors (Lipinski definition) is 3. The van der Waals surface area contributed by atoms with E-state index >= 15 is 0 Å². The van der Waals surface area contributed by atoms with Crippen molar-refractivity contribution in [3.63, 3.8) is 0 Å². The highest BCUT2D eigenvalue weighted by Crippen LogP contribution is 2.37. The van der Waals surface area contributed by atoms with Gasteiger partial charge in [-0.2, -0.15) is 18.3 Å². The largest absolute Gasteiger partial charge is 0.417 e. The van der Waals surface area contributed by atoms with Gasteiger partial charge in [0.15, 0.2) is 11.6 Å². The van der Waals surface area contributed by atoms with E-state index in [-0.39, 0.29) is 11.4 Å². The van der Waals surface area contributed by atoms with E-state index in [1.165, 1.54) is 18.2 Å². The Morgan fingerprint density at radius 1 is 1.14 bits per heavy atom. The molecule has 29 heavy (non-hydrogen) atoms. The van der Waals surface area contributed by atoms with Crippen LogP contribution >= 0.6 is 0 Å². The summed E-state index contributed by atoms with van der Waals surface area (Å²) in [5.41, 5.74) is 0.615. The molecule has 1 aromatic carbocycles. The predicted molar refractivity (Wildman–Crippen MR) is 104 cm³/mol. The molecule has 0 aliphatic rings. The third-order valence-electron chi connectivity index (χ3n) is 4.23. The summed E-state index contributed by atoms with van der Waals surface area (Å²) in [5.74, 6) is 1.23. The first-order valence-electron chi connectivity index (χ1n) is 8.86. The average Bonchev–Trinajstić information content (AvgIpc) is 3.10. The first-order chi connectivity index (χ1) is 13.8. The van der Waals surface area contributed by atoms with Crippen LogP contribution in [0.5, 0.6) is 0 Å². The Morgan fingerprint density at radius 3 is 2.48 bits per heavy atom. The molecule has 7 nitrogen and oxygen atoms in total. The van der Waals surface area contributed by atoms with Crippen LogP contribution in [0.25, 0.3) is 11.4 Å². The van der Waals surface area contributed by atoms with Gasteiger partial charge in [0.1, 0.15) is 11.6 Å². The van der Waals surface area contributed by atoms with Gasteiger partial charge < -0.3 is 15.4 Å². The van der Waals surface area contributed by atoms with Crippen LogP contribution in [-0.4, -0.2) is 40.9 Å². The van der Waals surface area contributed by atoms with Gasteiger partial charge in [-0.3, -0.25) is 5.10 Å². The number of halogens is 3. The van der Waals surface area contributed by atoms with Crippen LogP contribution in [0.2, 0.25) is 0 Å². The zero-order valence-electron chi connectivity index (χ0n) is 16.2. The minimum absolute atomic E-state index is 0.0433. The smallest absolute Gasteiger partial charge is 0.384 e. The van der Waals surface area contributed by atoms with Gasteiger partial charge in [-0.25, -0.2) is 9.97 Å². The molecule has 2 heterocycles. The summed E-state index contributed by atoms with van der Waals surface area (Å²) >= 11 is 0. The van der Waals surface area contributed by atoms with E-state index in [4.69, 9.17) is 4.74 Å². The number of alkyl halides is 3. The van der Waals surface area contributed by atoms with E-state index in [0.717, 1.165) is 11.8 Å². The Morgan fingerprint density at radius 2 is 1.86 bits per heavy atom. The number of anilines is 3. The molecule has 0 aliphatic carbocycles. The van der Waals surface area contributed by atoms with E-state index in [2.05, 4.69) is 30.8 Å². The molecule has 0 saturated carbocycles. The van der Waals surface area contributed by atoms with Crippen molar-refractivity contribution in [2.75, 3.05) is 31.4 Å². The standard InChI is InChI=1S/C19H21F3N6O/c1-11-10-15(28-27-11)24-18-13(8-9-29-3)16(23-2)25-17(26-18)12-6-4-5-7-14(12)19(20,21)22/h4-7,10H,8-9H2,1-3H3,(H3,23,24,25,26,27,28). The lowest BCUT2D eigenvalue weighted by Crippen LogP contribution is -2.12. The van der Waals surface area contributed by atoms with Crippen LogP contribution in [0.4, 0.5) is 30.6 Å². The average molecular weight is 406 g/mol. The molecule has 0 spiro atoms. The lowest BCUT2D eigenvalue weighted by molar-refractivity contribution is -0.137. The normalized spacial score (nSPS) is 11.5. The van der Waals surface area contributed by atoms with Gasteiger partial charge in [-0.1, -0.05) is 18.2 Å². The van der Waals surface area contributed by atoms with Crippen LogP contribution in [0.15, 0.2) is 30.3 Å². The number of rotatable bonds is 7. The van der Waals surface area contributed by atoms with Crippen molar-refractivity contribution in [1.82, 2.24) is 20.2 Å². The maximum atomic E-state index is 13.5. The molecule has 0 unspecified atom stereocenters. The summed E-state index contributed by atoms with van der Waals surface area (Å²) in [6, 6.07) is 7.00. The number of aromatic nitrogens is 4. The molecule has 0 radical (unpaired) electrons. The second kappa shape index (κ2) is 8.48. The highest BCUT2D eigenvalue weighted by molar-refractivity contribution is 5.70. The third kappa shape index (κ3) is 4.65. The van der Waals surface area contributed by atoms with Crippen molar-refractivity contribution in [2.24, 2.45) is 0 Å². The van der Waals surface area contributed by atoms with Gasteiger partial charge in [0.2, 0.25) is 0 Å². The molecule has 0 fully saturated rings. The number of aromatic amines is 1. The lowest BCUT2D eigenvalue weighted by atomic mass is 10.1. The third-order valence-corrected chi connectivity index (χ3v) is 4.23. The Hall–Kier alpha value is -3.14. The molecule has 10 heteroatoms. The van der Waals surface area contributed by atoms with Gasteiger partial charge in [-0.15, -0.1) is 0 Å². The van der Waals surface area contributed by atoms with Crippen molar-refractivity contribution in [2.45, 2.75) is 19.5 Å². The molecule has 3 N–H and O–H groups in total. The fourth-order valence-corrected chi connectivity index (χ4v) is 2.88. The first kappa shape index (κ1) is 20.6. The minimum atomic E-state index is -4.53. The summed E-state index contributed by atoms with van der Waals surface area (Å²) in [4.78, 5) is 8.76. The zero-order valence-corrected chi connectivity index (χ0v) is 16.2. The fraction of sp³-hybridized carbons (Fsp3) is 0.316. The molecule has 3 aromatic rings. The minimum Gasteiger partial charge on any atom is -0.384 e. The molecule has 0 bridgehead atoms. The van der Waals surface area contributed by atoms with Gasteiger partial charge in [-0.05, 0) is 13.0 Å². The van der Waals surface area contributed by atoms with Crippen molar-refractivity contribution >= 4 is 17.5 Å². The lowest BCUT2D eigenvalue weighted by Gasteiger charge is -2.17. The van der Waals surface area contributed by atoms with Gasteiger partial charge >= 0.3 is 6.18 Å². The van der Waals surface area contributed by atoms with Crippen LogP contribution < -0.4 is 10.6 Å². The second-order valence-electron chi connectivity index (χ2n) is 6.32. The Kier molecular flexibility index (Phi) is 6.02. The number of ether oxygens (including phenoxy) is 1. The van der Waals surface area contributed by atoms with Gasteiger partial charge in [0.25, 0.3) is 0 Å². The van der Waals surface area contributed by atoms with E-state index < -0.39 is 11.7 Å². The molecule has 0 aliphatic heterocycles. The molecule has 2 aromatic heterocycles. The van der Waals surface area contributed by atoms with Crippen molar-refractivity contribution in [1.29, 1.82) is 0 Å². The summed E-state index contributed by atoms with van der Waals surface area (Å²) in [5, 5.41) is 13.0. The van der Waals surface area contributed by atoms with E-state index in [1.54, 1.807) is 20.2 Å². The summed E-state index contributed by atoms with van der Waals surface area (Å²) < 4.78 is 45.6. The molecule has 3 rings (SSSR count). The molecular formula is C19H21F3N6O. The fourth-order valence-electron chi connectivity index (χ4n) is 2.88. The molecule has 0 saturated heterocycles. The maximum Gasteiger partial charge on any atom is 0.417 e. The molecular weight excluding hydrogens is 385 g/mol. The highest BCUT2D eigenvalue weighted by atomic mass is 19.4. The van der Waals surface area contributed by atoms with Crippen molar-refractivity contribution in [3.05, 3.63) is 47.2 Å². The Labute approximate surface area is 165 Å².